The lowest BCUT2D eigenvalue weighted by molar-refractivity contribution is -0.132. The normalized spacial score (nSPS) is 19.4. The molecule has 3 N–H and O–H groups in total. The number of fused-ring (bicyclic) bond motifs is 1. The van der Waals surface area contributed by atoms with Gasteiger partial charge in [-0.05, 0) is 30.7 Å². The number of aromatic nitrogens is 1. The van der Waals surface area contributed by atoms with Gasteiger partial charge in [0.15, 0.2) is 0 Å². The molecule has 1 unspecified atom stereocenters. The van der Waals surface area contributed by atoms with Gasteiger partial charge in [-0.2, -0.15) is 0 Å². The van der Waals surface area contributed by atoms with Crippen LogP contribution in [0.15, 0.2) is 30.5 Å². The number of benzene rings is 1. The summed E-state index contributed by atoms with van der Waals surface area (Å²) in [6.45, 7) is 0.712. The quantitative estimate of drug-likeness (QED) is 0.817. The van der Waals surface area contributed by atoms with Crippen LogP contribution in [0.1, 0.15) is 12.8 Å². The van der Waals surface area contributed by atoms with Crippen molar-refractivity contribution in [1.82, 2.24) is 9.88 Å². The lowest BCUT2D eigenvalue weighted by Gasteiger charge is -2.31. The van der Waals surface area contributed by atoms with E-state index in [2.05, 4.69) is 10.3 Å². The number of pyridine rings is 1. The number of anilines is 2. The standard InChI is InChI=1S/C15H18N4O/c1-19-9-10(4-7-14(19)20)18-13-6-5-12-11(15(13)16)3-2-8-17-12/h2-3,5-6,8,10,18H,4,7,9,16H2,1H3. The Bertz CT molecular complexity index is 655. The van der Waals surface area contributed by atoms with Crippen molar-refractivity contribution in [2.24, 2.45) is 0 Å². The number of rotatable bonds is 2. The van der Waals surface area contributed by atoms with E-state index in [1.165, 1.54) is 0 Å². The van der Waals surface area contributed by atoms with E-state index in [1.54, 1.807) is 11.1 Å². The van der Waals surface area contributed by atoms with Gasteiger partial charge >= 0.3 is 0 Å². The van der Waals surface area contributed by atoms with Crippen LogP contribution >= 0.6 is 0 Å². The highest BCUT2D eigenvalue weighted by molar-refractivity contribution is 5.96. The smallest absolute Gasteiger partial charge is 0.222 e. The minimum absolute atomic E-state index is 0.207. The van der Waals surface area contributed by atoms with Crippen LogP contribution in [0.3, 0.4) is 0 Å². The van der Waals surface area contributed by atoms with Crippen LogP contribution < -0.4 is 11.1 Å². The van der Waals surface area contributed by atoms with Crippen LogP contribution in [0.2, 0.25) is 0 Å². The molecule has 1 fully saturated rings. The molecule has 2 heterocycles. The monoisotopic (exact) mass is 270 g/mol. The second-order valence-electron chi connectivity index (χ2n) is 5.25. The molecule has 5 heteroatoms. The molecule has 3 rings (SSSR count). The van der Waals surface area contributed by atoms with E-state index in [-0.39, 0.29) is 11.9 Å². The Hall–Kier alpha value is -2.30. The molecule has 1 aromatic heterocycles. The number of amides is 1. The van der Waals surface area contributed by atoms with Gasteiger partial charge in [-0.25, -0.2) is 0 Å². The van der Waals surface area contributed by atoms with Gasteiger partial charge in [0.25, 0.3) is 0 Å². The van der Waals surface area contributed by atoms with Gasteiger partial charge < -0.3 is 16.0 Å². The third-order valence-corrected chi connectivity index (χ3v) is 3.81. The Kier molecular flexibility index (Phi) is 3.18. The van der Waals surface area contributed by atoms with Crippen molar-refractivity contribution in [3.8, 4) is 0 Å². The maximum absolute atomic E-state index is 11.5. The van der Waals surface area contributed by atoms with Gasteiger partial charge in [-0.1, -0.05) is 0 Å². The van der Waals surface area contributed by atoms with Crippen molar-refractivity contribution in [2.75, 3.05) is 24.6 Å². The summed E-state index contributed by atoms with van der Waals surface area (Å²) < 4.78 is 0. The highest BCUT2D eigenvalue weighted by atomic mass is 16.2. The number of nitrogens with two attached hydrogens (primary N) is 1. The zero-order valence-electron chi connectivity index (χ0n) is 11.5. The average molecular weight is 270 g/mol. The number of carbonyl (C=O) groups excluding carboxylic acids is 1. The molecule has 1 aromatic carbocycles. The molecule has 0 spiro atoms. The first-order chi connectivity index (χ1) is 9.65. The second-order valence-corrected chi connectivity index (χ2v) is 5.25. The van der Waals surface area contributed by atoms with Crippen molar-refractivity contribution < 1.29 is 4.79 Å². The summed E-state index contributed by atoms with van der Waals surface area (Å²) in [5.74, 6) is 0.207. The highest BCUT2D eigenvalue weighted by Gasteiger charge is 2.23. The number of nitrogens with zero attached hydrogens (tertiary/aromatic N) is 2. The zero-order valence-corrected chi connectivity index (χ0v) is 11.5. The topological polar surface area (TPSA) is 71.2 Å². The third-order valence-electron chi connectivity index (χ3n) is 3.81. The molecule has 0 bridgehead atoms. The summed E-state index contributed by atoms with van der Waals surface area (Å²) in [5, 5.41) is 4.40. The average Bonchev–Trinajstić information content (AvgIpc) is 2.46. The third kappa shape index (κ3) is 2.27. The Balaban J connectivity index is 1.84. The number of hydrogen-bond donors (Lipinski definition) is 2. The minimum Gasteiger partial charge on any atom is -0.397 e. The summed E-state index contributed by atoms with van der Waals surface area (Å²) in [6.07, 6.45) is 3.19. The van der Waals surface area contributed by atoms with E-state index < -0.39 is 0 Å². The molecule has 0 saturated carbocycles. The Morgan fingerprint density at radius 2 is 2.25 bits per heavy atom. The molecule has 1 atom stereocenters. The highest BCUT2D eigenvalue weighted by Crippen LogP contribution is 2.28. The molecule has 20 heavy (non-hydrogen) atoms. The van der Waals surface area contributed by atoms with Gasteiger partial charge in [0.05, 0.1) is 16.9 Å². The maximum Gasteiger partial charge on any atom is 0.222 e. The van der Waals surface area contributed by atoms with E-state index in [0.717, 1.165) is 28.7 Å². The summed E-state index contributed by atoms with van der Waals surface area (Å²) in [4.78, 5) is 17.6. The van der Waals surface area contributed by atoms with Crippen LogP contribution in [0, 0.1) is 0 Å². The van der Waals surface area contributed by atoms with Crippen LogP contribution in [-0.4, -0.2) is 35.4 Å². The summed E-state index contributed by atoms with van der Waals surface area (Å²) in [6, 6.07) is 8.02. The molecular weight excluding hydrogens is 252 g/mol. The maximum atomic E-state index is 11.5. The summed E-state index contributed by atoms with van der Waals surface area (Å²) in [7, 11) is 1.84. The van der Waals surface area contributed by atoms with Crippen molar-refractivity contribution in [3.05, 3.63) is 30.5 Å². The number of carbonyl (C=O) groups is 1. The molecular formula is C15H18N4O. The van der Waals surface area contributed by atoms with E-state index >= 15 is 0 Å². The van der Waals surface area contributed by atoms with Gasteiger partial charge in [0.2, 0.25) is 5.91 Å². The first kappa shape index (κ1) is 12.7. The molecule has 1 amide bonds. The zero-order chi connectivity index (χ0) is 14.1. The molecule has 1 saturated heterocycles. The van der Waals surface area contributed by atoms with Crippen LogP contribution in [0.4, 0.5) is 11.4 Å². The SMILES string of the molecule is CN1CC(Nc2ccc3ncccc3c2N)CCC1=O. The Morgan fingerprint density at radius 1 is 1.40 bits per heavy atom. The first-order valence-electron chi connectivity index (χ1n) is 6.79. The number of likely N-dealkylation sites (tertiary alicyclic amines) is 1. The lowest BCUT2D eigenvalue weighted by Crippen LogP contribution is -2.43. The second kappa shape index (κ2) is 5.00. The predicted octanol–water partition coefficient (Wildman–Crippen LogP) is 1.85. The predicted molar refractivity (Wildman–Crippen MR) is 80.4 cm³/mol. The number of piperidine rings is 1. The van der Waals surface area contributed by atoms with Gasteiger partial charge in [0.1, 0.15) is 0 Å². The van der Waals surface area contributed by atoms with E-state index in [0.29, 0.717) is 13.0 Å². The Labute approximate surface area is 117 Å². The summed E-state index contributed by atoms with van der Waals surface area (Å²) >= 11 is 0. The number of nitrogen functional groups attached to an aromatic ring is 1. The number of likely N-dealkylation sites (N-methyl/N-ethyl adjacent to an activating group) is 1. The molecule has 1 aliphatic heterocycles. The molecule has 1 aliphatic rings. The van der Waals surface area contributed by atoms with Crippen molar-refractivity contribution in [2.45, 2.75) is 18.9 Å². The fourth-order valence-corrected chi connectivity index (χ4v) is 2.65. The van der Waals surface area contributed by atoms with Crippen molar-refractivity contribution in [3.63, 3.8) is 0 Å². The fourth-order valence-electron chi connectivity index (χ4n) is 2.65. The number of hydrogen-bond acceptors (Lipinski definition) is 4. The van der Waals surface area contributed by atoms with Crippen LogP contribution in [0.5, 0.6) is 0 Å². The van der Waals surface area contributed by atoms with E-state index in [1.807, 2.05) is 31.3 Å². The largest absolute Gasteiger partial charge is 0.397 e. The first-order valence-corrected chi connectivity index (χ1v) is 6.79. The summed E-state index contributed by atoms with van der Waals surface area (Å²) in [5.41, 5.74) is 8.74. The molecule has 5 nitrogen and oxygen atoms in total. The van der Waals surface area contributed by atoms with Crippen LogP contribution in [-0.2, 0) is 4.79 Å². The number of nitrogens with one attached hydrogen (secondary N) is 1. The fraction of sp³-hybridized carbons (Fsp3) is 0.333. The van der Waals surface area contributed by atoms with Crippen molar-refractivity contribution in [1.29, 1.82) is 0 Å². The van der Waals surface area contributed by atoms with Gasteiger partial charge in [-0.15, -0.1) is 0 Å². The molecule has 0 aliphatic carbocycles. The molecule has 0 radical (unpaired) electrons. The van der Waals surface area contributed by atoms with Gasteiger partial charge in [-0.3, -0.25) is 9.78 Å². The van der Waals surface area contributed by atoms with Crippen molar-refractivity contribution >= 4 is 28.2 Å². The van der Waals surface area contributed by atoms with E-state index in [4.69, 9.17) is 5.73 Å². The van der Waals surface area contributed by atoms with Crippen LogP contribution in [0.25, 0.3) is 10.9 Å². The Morgan fingerprint density at radius 3 is 3.05 bits per heavy atom. The van der Waals surface area contributed by atoms with Gasteiger partial charge in [0, 0.05) is 37.6 Å². The van der Waals surface area contributed by atoms with E-state index in [9.17, 15) is 4.79 Å². The molecule has 104 valence electrons. The lowest BCUT2D eigenvalue weighted by atomic mass is 10.0. The minimum atomic E-state index is 0.207. The molecule has 2 aromatic rings.